The van der Waals surface area contributed by atoms with Crippen molar-refractivity contribution in [2.24, 2.45) is 0 Å². The highest BCUT2D eigenvalue weighted by molar-refractivity contribution is 6.12. The van der Waals surface area contributed by atoms with Crippen LogP contribution in [0.4, 0.5) is 32.3 Å². The summed E-state index contributed by atoms with van der Waals surface area (Å²) in [5.74, 6) is -2.33. The van der Waals surface area contributed by atoms with Gasteiger partial charge in [0, 0.05) is 30.9 Å². The Morgan fingerprint density at radius 1 is 1.38 bits per heavy atom. The van der Waals surface area contributed by atoms with Gasteiger partial charge in [-0.15, -0.1) is 0 Å². The Balaban J connectivity index is 2.05. The first-order valence-electron chi connectivity index (χ1n) is 11.6. The molecule has 1 aromatic carbocycles. The predicted octanol–water partition coefficient (Wildman–Crippen LogP) is 2.71. The Kier molecular flexibility index (Phi) is 4.74. The highest BCUT2D eigenvalue weighted by Crippen LogP contribution is 2.28. The number of nitrogen functional groups attached to an aromatic ring is 2. The lowest BCUT2D eigenvalue weighted by molar-refractivity contribution is 0.180. The summed E-state index contributed by atoms with van der Waals surface area (Å²) in [7, 11) is 2.50. The molecule has 3 aromatic rings. The maximum absolute atomic E-state index is 14.8. The van der Waals surface area contributed by atoms with Crippen LogP contribution in [0.2, 0.25) is 0 Å². The van der Waals surface area contributed by atoms with E-state index >= 15 is 0 Å². The molecule has 32 heavy (non-hydrogen) atoms. The van der Waals surface area contributed by atoms with Crippen molar-refractivity contribution >= 4 is 34.9 Å². The number of amides is 1. The molecule has 0 bridgehead atoms. The third-order valence-electron chi connectivity index (χ3n) is 4.22. The Bertz CT molecular complexity index is 1370. The fourth-order valence-corrected chi connectivity index (χ4v) is 2.69. The highest BCUT2D eigenvalue weighted by atomic mass is 19.1. The maximum Gasteiger partial charge on any atom is 0.413 e. The summed E-state index contributed by atoms with van der Waals surface area (Å²) in [5.41, 5.74) is 10.6. The number of nitrogens with one attached hydrogen (secondary N) is 2. The zero-order valence-corrected chi connectivity index (χ0v) is 17.4. The summed E-state index contributed by atoms with van der Waals surface area (Å²) in [5, 5.41) is 11.0. The molecule has 0 unspecified atom stereocenters. The second kappa shape index (κ2) is 9.25. The third-order valence-corrected chi connectivity index (χ3v) is 4.22. The lowest BCUT2D eigenvalue weighted by Gasteiger charge is -2.19. The number of ether oxygens (including phenoxy) is 1. The van der Waals surface area contributed by atoms with Crippen molar-refractivity contribution in [3.63, 3.8) is 0 Å². The van der Waals surface area contributed by atoms with Gasteiger partial charge in [-0.2, -0.15) is 0 Å². The van der Waals surface area contributed by atoms with E-state index in [1.807, 2.05) is 0 Å². The van der Waals surface area contributed by atoms with Gasteiger partial charge in [-0.1, -0.05) is 17.6 Å². The zero-order chi connectivity index (χ0) is 27.8. The second-order valence-corrected chi connectivity index (χ2v) is 6.41. The number of nitrogens with zero attached hydrogens (tertiary/aromatic N) is 4. The average Bonchev–Trinajstić information content (AvgIpc) is 2.84. The second-order valence-electron chi connectivity index (χ2n) is 6.41. The first-order chi connectivity index (χ1) is 17.2. The molecule has 0 aliphatic heterocycles. The largest absolute Gasteiger partial charge is 0.452 e. The molecular weight excluding hydrogens is 415 g/mol. The van der Waals surface area contributed by atoms with Gasteiger partial charge in [-0.05, 0) is 25.1 Å². The number of pyridine rings is 1. The van der Waals surface area contributed by atoms with E-state index in [1.165, 1.54) is 32.3 Å². The van der Waals surface area contributed by atoms with Crippen LogP contribution in [0, 0.1) is 18.2 Å². The van der Waals surface area contributed by atoms with Crippen LogP contribution in [0.3, 0.4) is 0 Å². The van der Waals surface area contributed by atoms with E-state index < -0.39 is 42.1 Å². The Morgan fingerprint density at radius 3 is 2.72 bits per heavy atom. The Labute approximate surface area is 191 Å². The van der Waals surface area contributed by atoms with Crippen LogP contribution in [0.1, 0.15) is 29.4 Å². The van der Waals surface area contributed by atoms with Gasteiger partial charge in [0.2, 0.25) is 0 Å². The molecule has 0 aliphatic carbocycles. The van der Waals surface area contributed by atoms with E-state index in [0.29, 0.717) is 0 Å². The van der Waals surface area contributed by atoms with Crippen molar-refractivity contribution in [2.75, 3.05) is 35.8 Å². The lowest BCUT2D eigenvalue weighted by atomic mass is 10.1. The van der Waals surface area contributed by atoms with E-state index in [2.05, 4.69) is 25.0 Å². The van der Waals surface area contributed by atoms with Gasteiger partial charge < -0.3 is 21.5 Å². The number of rotatable bonds is 6. The average molecular weight is 443 g/mol. The molecule has 0 saturated heterocycles. The van der Waals surface area contributed by atoms with E-state index in [4.69, 9.17) is 23.7 Å². The van der Waals surface area contributed by atoms with Crippen molar-refractivity contribution in [2.45, 2.75) is 13.4 Å². The molecule has 0 aliphatic rings. The lowest BCUT2D eigenvalue weighted by Crippen LogP contribution is -2.29. The van der Waals surface area contributed by atoms with Crippen molar-refractivity contribution in [1.29, 1.82) is 5.41 Å². The molecule has 6 N–H and O–H groups in total. The Morgan fingerprint density at radius 2 is 2.06 bits per heavy atom. The molecular formula is C21H23FN8O2. The standard InChI is InChI=1S/C21H23FN8O2/c1-11-6-7-14(22)12(9-11)10-27-19-13(5-4-8-26-19)15(23)20-28-17(24)16(18(25)29-20)30(2)21(31)32-3/h4-9,23H,10H2,1-3H3,(H,26,27)(H4,24,25,28,29)/i6D,7D,9D,10D2. The summed E-state index contributed by atoms with van der Waals surface area (Å²) < 4.78 is 60.0. The SMILES string of the molecule is [2H]c1c([2H])c(F)c(C([2H])([2H])Nc2ncccc2C(=N)c2nc(N)c(N(C)C(=O)OC)c(N)n2)c([2H])c1C. The number of carbonyl (C=O) groups excluding carboxylic acids is 1. The molecule has 1 amide bonds. The number of hydrogen-bond donors (Lipinski definition) is 4. The topological polar surface area (TPSA) is 156 Å². The first kappa shape index (κ1) is 16.4. The van der Waals surface area contributed by atoms with Crippen LogP contribution in [0.15, 0.2) is 36.5 Å². The monoisotopic (exact) mass is 443 g/mol. The van der Waals surface area contributed by atoms with Gasteiger partial charge in [0.05, 0.1) is 14.0 Å². The number of benzene rings is 1. The molecule has 0 atom stereocenters. The van der Waals surface area contributed by atoms with Gasteiger partial charge in [-0.25, -0.2) is 24.1 Å². The van der Waals surface area contributed by atoms with Crippen molar-refractivity contribution in [3.05, 3.63) is 64.8 Å². The number of halogens is 1. The van der Waals surface area contributed by atoms with Crippen molar-refractivity contribution in [1.82, 2.24) is 15.0 Å². The molecule has 2 aromatic heterocycles. The molecule has 3 rings (SSSR count). The Hall–Kier alpha value is -4.28. The van der Waals surface area contributed by atoms with Gasteiger partial charge in [0.15, 0.2) is 17.5 Å². The third kappa shape index (κ3) is 4.56. The number of carbonyl (C=O) groups is 1. The molecule has 0 spiro atoms. The van der Waals surface area contributed by atoms with Gasteiger partial charge in [-0.3, -0.25) is 10.3 Å². The number of anilines is 4. The summed E-state index contributed by atoms with van der Waals surface area (Å²) >= 11 is 0. The fourth-order valence-electron chi connectivity index (χ4n) is 2.69. The van der Waals surface area contributed by atoms with Crippen molar-refractivity contribution in [3.8, 4) is 0 Å². The molecule has 0 fully saturated rings. The maximum atomic E-state index is 14.8. The first-order valence-corrected chi connectivity index (χ1v) is 9.06. The smallest absolute Gasteiger partial charge is 0.413 e. The predicted molar refractivity (Wildman–Crippen MR) is 120 cm³/mol. The van der Waals surface area contributed by atoms with Crippen LogP contribution < -0.4 is 21.7 Å². The highest BCUT2D eigenvalue weighted by Gasteiger charge is 2.22. The molecule has 11 heteroatoms. The number of methoxy groups -OCH3 is 1. The summed E-state index contributed by atoms with van der Waals surface area (Å²) in [6.07, 6.45) is 0.510. The molecule has 166 valence electrons. The van der Waals surface area contributed by atoms with Crippen LogP contribution in [-0.4, -0.2) is 40.9 Å². The number of nitrogens with two attached hydrogens (primary N) is 2. The number of hydrogen-bond acceptors (Lipinski definition) is 9. The van der Waals surface area contributed by atoms with Crippen LogP contribution in [0.5, 0.6) is 0 Å². The minimum absolute atomic E-state index is 0.0221. The normalized spacial score (nSPS) is 13.2. The fraction of sp³-hybridized carbons (Fsp3) is 0.190. The molecule has 0 radical (unpaired) electrons. The van der Waals surface area contributed by atoms with Crippen LogP contribution in [0.25, 0.3) is 0 Å². The van der Waals surface area contributed by atoms with E-state index in [0.717, 1.165) is 12.0 Å². The van der Waals surface area contributed by atoms with Crippen LogP contribution in [-0.2, 0) is 11.2 Å². The minimum Gasteiger partial charge on any atom is -0.452 e. The van der Waals surface area contributed by atoms with Gasteiger partial charge in [0.25, 0.3) is 0 Å². The van der Waals surface area contributed by atoms with Gasteiger partial charge >= 0.3 is 6.09 Å². The quantitative estimate of drug-likeness (QED) is 0.424. The summed E-state index contributed by atoms with van der Waals surface area (Å²) in [6, 6.07) is 0.895. The van der Waals surface area contributed by atoms with E-state index in [-0.39, 0.29) is 45.8 Å². The van der Waals surface area contributed by atoms with Crippen molar-refractivity contribution < 1.29 is 20.8 Å². The van der Waals surface area contributed by atoms with Gasteiger partial charge in [0.1, 0.15) is 23.0 Å². The number of aromatic nitrogens is 3. The summed E-state index contributed by atoms with van der Waals surface area (Å²) in [4.78, 5) is 24.9. The minimum atomic E-state index is -2.77. The zero-order valence-electron chi connectivity index (χ0n) is 22.4. The molecule has 0 saturated carbocycles. The molecule has 2 heterocycles. The van der Waals surface area contributed by atoms with E-state index in [9.17, 15) is 9.18 Å². The van der Waals surface area contributed by atoms with Crippen LogP contribution >= 0.6 is 0 Å². The summed E-state index contributed by atoms with van der Waals surface area (Å²) in [6.45, 7) is -1.46. The van der Waals surface area contributed by atoms with E-state index in [1.54, 1.807) is 0 Å². The molecule has 10 nitrogen and oxygen atoms in total.